The summed E-state index contributed by atoms with van der Waals surface area (Å²) in [4.78, 5) is 6.34. The van der Waals surface area contributed by atoms with Crippen molar-refractivity contribution in [3.8, 4) is 11.5 Å². The maximum absolute atomic E-state index is 6.08. The quantitative estimate of drug-likeness (QED) is 0.841. The molecule has 0 bridgehead atoms. The number of aryl methyl sites for hydroxylation is 1. The maximum Gasteiger partial charge on any atom is 0.162 e. The molecule has 1 heterocycles. The van der Waals surface area contributed by atoms with E-state index in [0.717, 1.165) is 11.5 Å². The van der Waals surface area contributed by atoms with Crippen LogP contribution in [-0.2, 0) is 13.6 Å². The van der Waals surface area contributed by atoms with Crippen LogP contribution in [0.15, 0.2) is 24.5 Å². The molecule has 2 N–H and O–H groups in total. The lowest BCUT2D eigenvalue weighted by Crippen LogP contribution is -2.20. The first-order chi connectivity index (χ1) is 9.56. The van der Waals surface area contributed by atoms with Crippen molar-refractivity contribution in [3.05, 3.63) is 30.4 Å². The Morgan fingerprint density at radius 3 is 2.45 bits per heavy atom. The van der Waals surface area contributed by atoms with E-state index in [-0.39, 0.29) is 0 Å². The van der Waals surface area contributed by atoms with Gasteiger partial charge in [0.15, 0.2) is 11.5 Å². The molecule has 0 aliphatic heterocycles. The summed E-state index contributed by atoms with van der Waals surface area (Å²) in [5.41, 5.74) is 7.60. The van der Waals surface area contributed by atoms with Gasteiger partial charge in [-0.15, -0.1) is 0 Å². The van der Waals surface area contributed by atoms with Crippen molar-refractivity contribution in [3.63, 3.8) is 0 Å². The lowest BCUT2D eigenvalue weighted by Gasteiger charge is -2.22. The van der Waals surface area contributed by atoms with Gasteiger partial charge in [0.1, 0.15) is 5.82 Å². The average molecular weight is 276 g/mol. The normalized spacial score (nSPS) is 10.4. The van der Waals surface area contributed by atoms with Crippen LogP contribution in [0.25, 0.3) is 0 Å². The molecule has 0 saturated heterocycles. The highest BCUT2D eigenvalue weighted by atomic mass is 16.5. The molecule has 1 aromatic carbocycles. The molecule has 0 aliphatic rings. The number of ether oxygens (including phenoxy) is 2. The second-order valence-electron chi connectivity index (χ2n) is 4.58. The minimum absolute atomic E-state index is 0.624. The van der Waals surface area contributed by atoms with Gasteiger partial charge in [-0.3, -0.25) is 0 Å². The third-order valence-electron chi connectivity index (χ3n) is 3.24. The minimum Gasteiger partial charge on any atom is -0.493 e. The molecule has 0 fully saturated rings. The number of nitrogens with two attached hydrogens (primary N) is 1. The fourth-order valence-electron chi connectivity index (χ4n) is 2.06. The Hall–Kier alpha value is -2.37. The molecule has 1 aromatic heterocycles. The molecule has 6 heteroatoms. The van der Waals surface area contributed by atoms with Gasteiger partial charge in [0, 0.05) is 38.6 Å². The van der Waals surface area contributed by atoms with Crippen molar-refractivity contribution in [2.75, 3.05) is 31.9 Å². The van der Waals surface area contributed by atoms with E-state index in [4.69, 9.17) is 15.2 Å². The highest BCUT2D eigenvalue weighted by molar-refractivity contribution is 5.72. The summed E-state index contributed by atoms with van der Waals surface area (Å²) in [6, 6.07) is 3.64. The maximum atomic E-state index is 6.08. The number of methoxy groups -OCH3 is 2. The second kappa shape index (κ2) is 5.73. The average Bonchev–Trinajstić information content (AvgIpc) is 2.83. The minimum atomic E-state index is 0.624. The van der Waals surface area contributed by atoms with Crippen molar-refractivity contribution in [1.82, 2.24) is 9.55 Å². The lowest BCUT2D eigenvalue weighted by molar-refractivity contribution is 0.355. The van der Waals surface area contributed by atoms with E-state index in [1.807, 2.05) is 35.8 Å². The van der Waals surface area contributed by atoms with Crippen LogP contribution >= 0.6 is 0 Å². The molecule has 6 nitrogen and oxygen atoms in total. The molecule has 2 aromatic rings. The number of aromatic nitrogens is 2. The molecule has 0 radical (unpaired) electrons. The van der Waals surface area contributed by atoms with Crippen LogP contribution in [0.4, 0.5) is 11.4 Å². The standard InChI is InChI=1S/C14H20N4O2/c1-17-6-5-16-14(17)9-18(2)11-8-13(20-4)12(19-3)7-10(11)15/h5-8H,9,15H2,1-4H3. The van der Waals surface area contributed by atoms with Gasteiger partial charge >= 0.3 is 0 Å². The first-order valence-corrected chi connectivity index (χ1v) is 6.25. The number of anilines is 2. The predicted octanol–water partition coefficient (Wildman–Crippen LogP) is 1.66. The van der Waals surface area contributed by atoms with Gasteiger partial charge in [-0.2, -0.15) is 0 Å². The van der Waals surface area contributed by atoms with Crippen LogP contribution in [-0.4, -0.2) is 30.8 Å². The number of imidazole rings is 1. The molecule has 0 atom stereocenters. The van der Waals surface area contributed by atoms with Crippen molar-refractivity contribution in [1.29, 1.82) is 0 Å². The number of nitrogen functional groups attached to an aromatic ring is 1. The molecular weight excluding hydrogens is 256 g/mol. The van der Waals surface area contributed by atoms with Gasteiger partial charge < -0.3 is 24.7 Å². The van der Waals surface area contributed by atoms with E-state index in [1.54, 1.807) is 26.5 Å². The molecule has 0 aliphatic carbocycles. The fourth-order valence-corrected chi connectivity index (χ4v) is 2.06. The highest BCUT2D eigenvalue weighted by Crippen LogP contribution is 2.36. The Morgan fingerprint density at radius 1 is 1.25 bits per heavy atom. The van der Waals surface area contributed by atoms with Crippen molar-refractivity contribution in [2.45, 2.75) is 6.54 Å². The summed E-state index contributed by atoms with van der Waals surface area (Å²) >= 11 is 0. The van der Waals surface area contributed by atoms with Gasteiger partial charge in [-0.05, 0) is 0 Å². The number of nitrogens with zero attached hydrogens (tertiary/aromatic N) is 3. The van der Waals surface area contributed by atoms with Crippen LogP contribution < -0.4 is 20.1 Å². The largest absolute Gasteiger partial charge is 0.493 e. The summed E-state index contributed by atoms with van der Waals surface area (Å²) in [6.07, 6.45) is 3.70. The molecule has 0 amide bonds. The Bertz CT molecular complexity index is 595. The Kier molecular flexibility index (Phi) is 4.02. The number of hydrogen-bond acceptors (Lipinski definition) is 5. The lowest BCUT2D eigenvalue weighted by atomic mass is 10.2. The zero-order chi connectivity index (χ0) is 14.7. The predicted molar refractivity (Wildman–Crippen MR) is 79.3 cm³/mol. The zero-order valence-corrected chi connectivity index (χ0v) is 12.3. The molecule has 0 unspecified atom stereocenters. The van der Waals surface area contributed by atoms with Crippen molar-refractivity contribution in [2.24, 2.45) is 7.05 Å². The molecule has 108 valence electrons. The number of rotatable bonds is 5. The third-order valence-corrected chi connectivity index (χ3v) is 3.24. The fraction of sp³-hybridized carbons (Fsp3) is 0.357. The number of benzene rings is 1. The Labute approximate surface area is 118 Å². The Morgan fingerprint density at radius 2 is 1.90 bits per heavy atom. The van der Waals surface area contributed by atoms with Crippen molar-refractivity contribution >= 4 is 11.4 Å². The van der Waals surface area contributed by atoms with E-state index in [1.165, 1.54) is 0 Å². The molecule has 0 spiro atoms. The summed E-state index contributed by atoms with van der Waals surface area (Å²) in [7, 11) is 7.13. The van der Waals surface area contributed by atoms with Crippen LogP contribution in [0, 0.1) is 0 Å². The monoisotopic (exact) mass is 276 g/mol. The highest BCUT2D eigenvalue weighted by Gasteiger charge is 2.13. The summed E-state index contributed by atoms with van der Waals surface area (Å²) in [6.45, 7) is 0.656. The molecule has 2 rings (SSSR count). The van der Waals surface area contributed by atoms with E-state index in [9.17, 15) is 0 Å². The first kappa shape index (κ1) is 14.0. The van der Waals surface area contributed by atoms with Crippen LogP contribution in [0.3, 0.4) is 0 Å². The summed E-state index contributed by atoms with van der Waals surface area (Å²) < 4.78 is 12.5. The van der Waals surface area contributed by atoms with Gasteiger partial charge in [-0.1, -0.05) is 0 Å². The van der Waals surface area contributed by atoms with Gasteiger partial charge in [0.2, 0.25) is 0 Å². The van der Waals surface area contributed by atoms with E-state index < -0.39 is 0 Å². The first-order valence-electron chi connectivity index (χ1n) is 6.25. The zero-order valence-electron chi connectivity index (χ0n) is 12.3. The summed E-state index contributed by atoms with van der Waals surface area (Å²) in [5, 5.41) is 0. The summed E-state index contributed by atoms with van der Waals surface area (Å²) in [5.74, 6) is 2.24. The third kappa shape index (κ3) is 2.64. The van der Waals surface area contributed by atoms with Gasteiger partial charge in [0.25, 0.3) is 0 Å². The topological polar surface area (TPSA) is 65.5 Å². The smallest absolute Gasteiger partial charge is 0.162 e. The van der Waals surface area contributed by atoms with Gasteiger partial charge in [-0.25, -0.2) is 4.98 Å². The van der Waals surface area contributed by atoms with E-state index in [2.05, 4.69) is 4.98 Å². The number of hydrogen-bond donors (Lipinski definition) is 1. The molecule has 20 heavy (non-hydrogen) atoms. The van der Waals surface area contributed by atoms with Crippen molar-refractivity contribution < 1.29 is 9.47 Å². The SMILES string of the molecule is COc1cc(N)c(N(C)Cc2nccn2C)cc1OC. The second-order valence-corrected chi connectivity index (χ2v) is 4.58. The molecular formula is C14H20N4O2. The van der Waals surface area contributed by atoms with Crippen LogP contribution in [0.1, 0.15) is 5.82 Å². The van der Waals surface area contributed by atoms with E-state index in [0.29, 0.717) is 23.7 Å². The van der Waals surface area contributed by atoms with E-state index >= 15 is 0 Å². The van der Waals surface area contributed by atoms with Gasteiger partial charge in [0.05, 0.1) is 32.1 Å². The van der Waals surface area contributed by atoms with Crippen LogP contribution in [0.2, 0.25) is 0 Å². The molecule has 0 saturated carbocycles. The Balaban J connectivity index is 2.30. The van der Waals surface area contributed by atoms with Crippen LogP contribution in [0.5, 0.6) is 11.5 Å².